The minimum Gasteiger partial charge on any atom is -0.274 e. The molecule has 0 fully saturated rings. The molecule has 0 unspecified atom stereocenters. The number of carbonyl (C=O) groups is 4. The number of nitrogens with one attached hydrogen (secondary N) is 2. The van der Waals surface area contributed by atoms with Crippen LogP contribution in [0.15, 0.2) is 48.5 Å². The predicted octanol–water partition coefficient (Wildman–Crippen LogP) is 2.51. The van der Waals surface area contributed by atoms with Crippen molar-refractivity contribution in [2.75, 3.05) is 6.54 Å². The molecule has 156 valence electrons. The molecule has 9 heteroatoms. The minimum atomic E-state index is -0.630. The molecular weight excluding hydrogens is 420 g/mol. The topological polar surface area (TPSA) is 108 Å². The maximum atomic E-state index is 12.6. The first kappa shape index (κ1) is 20.5. The quantitative estimate of drug-likeness (QED) is 0.482. The first-order valence-electron chi connectivity index (χ1n) is 9.47. The molecule has 0 spiro atoms. The van der Waals surface area contributed by atoms with Crippen LogP contribution >= 0.6 is 11.6 Å². The van der Waals surface area contributed by atoms with Gasteiger partial charge < -0.3 is 0 Å². The third-order valence-corrected chi connectivity index (χ3v) is 5.23. The zero-order valence-corrected chi connectivity index (χ0v) is 17.2. The summed E-state index contributed by atoms with van der Waals surface area (Å²) in [7, 11) is 0. The number of hydrazine groups is 1. The van der Waals surface area contributed by atoms with Gasteiger partial charge in [0, 0.05) is 18.9 Å². The van der Waals surface area contributed by atoms with E-state index < -0.39 is 11.8 Å². The van der Waals surface area contributed by atoms with E-state index in [-0.39, 0.29) is 30.5 Å². The third-order valence-electron chi connectivity index (χ3n) is 4.93. The van der Waals surface area contributed by atoms with E-state index in [4.69, 9.17) is 11.6 Å². The van der Waals surface area contributed by atoms with E-state index in [1.807, 2.05) is 0 Å². The second-order valence-electron chi connectivity index (χ2n) is 7.00. The van der Waals surface area contributed by atoms with Crippen molar-refractivity contribution >= 4 is 46.1 Å². The highest BCUT2D eigenvalue weighted by atomic mass is 35.5. The molecule has 0 saturated heterocycles. The van der Waals surface area contributed by atoms with Gasteiger partial charge in [-0.3, -0.25) is 34.9 Å². The molecule has 1 aromatic heterocycles. The molecule has 0 aliphatic carbocycles. The number of nitrogens with zero attached hydrogens (tertiary/aromatic N) is 2. The Kier molecular flexibility index (Phi) is 5.39. The number of fused-ring (bicyclic) bond motifs is 2. The number of aromatic nitrogens is 1. The summed E-state index contributed by atoms with van der Waals surface area (Å²) in [5.41, 5.74) is 6.23. The van der Waals surface area contributed by atoms with E-state index in [1.54, 1.807) is 48.5 Å². The Labute approximate surface area is 182 Å². The van der Waals surface area contributed by atoms with Crippen LogP contribution in [-0.2, 0) is 11.2 Å². The second-order valence-corrected chi connectivity index (χ2v) is 7.41. The van der Waals surface area contributed by atoms with Gasteiger partial charge in [0.2, 0.25) is 5.91 Å². The van der Waals surface area contributed by atoms with Crippen molar-refractivity contribution < 1.29 is 19.2 Å². The number of imide groups is 1. The Bertz CT molecular complexity index is 1220. The third kappa shape index (κ3) is 3.85. The number of benzene rings is 2. The van der Waals surface area contributed by atoms with E-state index in [2.05, 4.69) is 15.8 Å². The summed E-state index contributed by atoms with van der Waals surface area (Å²) in [4.78, 5) is 54.6. The Morgan fingerprint density at radius 2 is 1.68 bits per heavy atom. The molecule has 1 aliphatic rings. The fraction of sp³-hybridized carbons (Fsp3) is 0.136. The first-order valence-corrected chi connectivity index (χ1v) is 9.85. The number of pyridine rings is 1. The van der Waals surface area contributed by atoms with Gasteiger partial charge in [-0.05, 0) is 36.2 Å². The summed E-state index contributed by atoms with van der Waals surface area (Å²) in [5.74, 6) is -1.82. The molecule has 2 heterocycles. The summed E-state index contributed by atoms with van der Waals surface area (Å²) in [6, 6.07) is 13.6. The molecule has 4 rings (SSSR count). The van der Waals surface area contributed by atoms with Gasteiger partial charge in [-0.2, -0.15) is 0 Å². The second kappa shape index (κ2) is 8.16. The largest absolute Gasteiger partial charge is 0.288 e. The fourth-order valence-electron chi connectivity index (χ4n) is 3.47. The number of carbonyl (C=O) groups excluding carboxylic acids is 4. The summed E-state index contributed by atoms with van der Waals surface area (Å²) >= 11 is 6.22. The molecule has 2 aromatic carbocycles. The van der Waals surface area contributed by atoms with Gasteiger partial charge in [-0.25, -0.2) is 4.98 Å². The molecule has 0 atom stereocenters. The molecule has 4 amide bonds. The molecule has 3 aromatic rings. The van der Waals surface area contributed by atoms with Gasteiger partial charge in [0.1, 0.15) is 5.69 Å². The van der Waals surface area contributed by atoms with Gasteiger partial charge in [0.15, 0.2) is 0 Å². The Morgan fingerprint density at radius 3 is 2.32 bits per heavy atom. The maximum absolute atomic E-state index is 12.6. The monoisotopic (exact) mass is 436 g/mol. The normalized spacial score (nSPS) is 12.8. The lowest BCUT2D eigenvalue weighted by molar-refractivity contribution is -0.119. The lowest BCUT2D eigenvalue weighted by Crippen LogP contribution is -2.41. The molecular formula is C22H17ClN4O4. The number of halogens is 1. The van der Waals surface area contributed by atoms with Crippen molar-refractivity contribution in [1.29, 1.82) is 0 Å². The van der Waals surface area contributed by atoms with Crippen LogP contribution in [-0.4, -0.2) is 40.1 Å². The van der Waals surface area contributed by atoms with Crippen molar-refractivity contribution in [3.63, 3.8) is 0 Å². The van der Waals surface area contributed by atoms with Gasteiger partial charge in [0.25, 0.3) is 17.7 Å². The lowest BCUT2D eigenvalue weighted by Gasteiger charge is -2.16. The van der Waals surface area contributed by atoms with Crippen LogP contribution in [0.4, 0.5) is 0 Å². The highest BCUT2D eigenvalue weighted by Gasteiger charge is 2.34. The van der Waals surface area contributed by atoms with Crippen molar-refractivity contribution in [2.45, 2.75) is 13.3 Å². The minimum absolute atomic E-state index is 0.0472. The highest BCUT2D eigenvalue weighted by molar-refractivity contribution is 6.35. The first-order chi connectivity index (χ1) is 14.9. The lowest BCUT2D eigenvalue weighted by atomic mass is 10.1. The molecule has 31 heavy (non-hydrogen) atoms. The van der Waals surface area contributed by atoms with Gasteiger partial charge in [-0.15, -0.1) is 0 Å². The molecule has 8 nitrogen and oxygen atoms in total. The van der Waals surface area contributed by atoms with Crippen LogP contribution in [0.25, 0.3) is 10.9 Å². The Morgan fingerprint density at radius 1 is 1.00 bits per heavy atom. The van der Waals surface area contributed by atoms with E-state index in [9.17, 15) is 19.2 Å². The van der Waals surface area contributed by atoms with Crippen LogP contribution in [0.3, 0.4) is 0 Å². The molecule has 0 radical (unpaired) electrons. The van der Waals surface area contributed by atoms with E-state index in [1.165, 1.54) is 6.92 Å². The fourth-order valence-corrected chi connectivity index (χ4v) is 3.70. The average molecular weight is 437 g/mol. The summed E-state index contributed by atoms with van der Waals surface area (Å²) in [6.07, 6.45) is 0.198. The van der Waals surface area contributed by atoms with Crippen LogP contribution in [0, 0.1) is 0 Å². The summed E-state index contributed by atoms with van der Waals surface area (Å²) in [6.45, 7) is 1.33. The van der Waals surface area contributed by atoms with Crippen molar-refractivity contribution in [2.24, 2.45) is 0 Å². The van der Waals surface area contributed by atoms with Gasteiger partial charge in [-0.1, -0.05) is 35.9 Å². The van der Waals surface area contributed by atoms with Crippen LogP contribution < -0.4 is 10.9 Å². The molecule has 1 aliphatic heterocycles. The smallest absolute Gasteiger partial charge is 0.274 e. The molecule has 0 saturated carbocycles. The summed E-state index contributed by atoms with van der Waals surface area (Å²) < 4.78 is 0. The number of rotatable bonds is 4. The van der Waals surface area contributed by atoms with Crippen LogP contribution in [0.2, 0.25) is 5.02 Å². The van der Waals surface area contributed by atoms with Crippen molar-refractivity contribution in [1.82, 2.24) is 20.7 Å². The Balaban J connectivity index is 1.65. The zero-order valence-electron chi connectivity index (χ0n) is 16.4. The van der Waals surface area contributed by atoms with E-state index >= 15 is 0 Å². The number of hydrogen-bond acceptors (Lipinski definition) is 5. The van der Waals surface area contributed by atoms with Crippen LogP contribution in [0.5, 0.6) is 0 Å². The van der Waals surface area contributed by atoms with E-state index in [0.29, 0.717) is 32.6 Å². The van der Waals surface area contributed by atoms with Crippen LogP contribution in [0.1, 0.15) is 43.7 Å². The Hall–Kier alpha value is -3.78. The standard InChI is InChI=1S/C22H17ClN4O4/c1-12(28)25-26-20(29)19-14(11-13-5-4-8-17(23)18(13)24-19)9-10-27-21(30)15-6-2-3-7-16(15)22(27)31/h2-8,11H,9-10H2,1H3,(H,25,28)(H,26,29). The van der Waals surface area contributed by atoms with Gasteiger partial charge in [0.05, 0.1) is 21.7 Å². The SMILES string of the molecule is CC(=O)NNC(=O)c1nc2c(Cl)cccc2cc1CCN1C(=O)c2ccccc2C1=O. The highest BCUT2D eigenvalue weighted by Crippen LogP contribution is 2.26. The number of para-hydroxylation sites is 1. The van der Waals surface area contributed by atoms with Crippen molar-refractivity contribution in [3.05, 3.63) is 75.9 Å². The van der Waals surface area contributed by atoms with Crippen molar-refractivity contribution in [3.8, 4) is 0 Å². The van der Waals surface area contributed by atoms with Gasteiger partial charge >= 0.3 is 0 Å². The molecule has 0 bridgehead atoms. The maximum Gasteiger partial charge on any atom is 0.288 e. The zero-order chi connectivity index (χ0) is 22.1. The summed E-state index contributed by atoms with van der Waals surface area (Å²) in [5, 5.41) is 1.08. The number of hydrogen-bond donors (Lipinski definition) is 2. The average Bonchev–Trinajstić information content (AvgIpc) is 3.00. The van der Waals surface area contributed by atoms with E-state index in [0.717, 1.165) is 4.90 Å². The molecule has 2 N–H and O–H groups in total. The number of amides is 4. The predicted molar refractivity (Wildman–Crippen MR) is 114 cm³/mol.